The molecule has 0 bridgehead atoms. The third kappa shape index (κ3) is 2.38. The van der Waals surface area contributed by atoms with Crippen molar-refractivity contribution in [3.8, 4) is 0 Å². The van der Waals surface area contributed by atoms with Crippen LogP contribution in [0.5, 0.6) is 0 Å². The molecule has 0 aliphatic rings. The summed E-state index contributed by atoms with van der Waals surface area (Å²) in [5, 5.41) is 0.557. The number of halogens is 1. The van der Waals surface area contributed by atoms with Crippen molar-refractivity contribution in [3.63, 3.8) is 0 Å². The Morgan fingerprint density at radius 1 is 1.39 bits per heavy atom. The molecule has 2 rings (SSSR count). The Labute approximate surface area is 110 Å². The summed E-state index contributed by atoms with van der Waals surface area (Å²) >= 11 is 6.10. The number of benzene rings is 1. The topological polar surface area (TPSA) is 60.9 Å². The molecule has 18 heavy (non-hydrogen) atoms. The van der Waals surface area contributed by atoms with Gasteiger partial charge in [-0.2, -0.15) is 4.98 Å². The van der Waals surface area contributed by atoms with Crippen molar-refractivity contribution in [2.75, 3.05) is 5.73 Å². The number of hydrogen-bond acceptors (Lipinski definition) is 3. The van der Waals surface area contributed by atoms with Crippen LogP contribution in [0.3, 0.4) is 0 Å². The summed E-state index contributed by atoms with van der Waals surface area (Å²) < 4.78 is 1.56. The Kier molecular flexibility index (Phi) is 3.39. The highest BCUT2D eigenvalue weighted by molar-refractivity contribution is 6.31. The van der Waals surface area contributed by atoms with Gasteiger partial charge in [-0.25, -0.2) is 4.79 Å². The first-order valence-corrected chi connectivity index (χ1v) is 5.95. The zero-order chi connectivity index (χ0) is 13.3. The maximum atomic E-state index is 11.9. The number of nitrogens with zero attached hydrogens (tertiary/aromatic N) is 2. The Balaban J connectivity index is 2.50. The Bertz CT molecular complexity index is 629. The van der Waals surface area contributed by atoms with E-state index < -0.39 is 0 Å². The van der Waals surface area contributed by atoms with Crippen LogP contribution in [0.4, 0.5) is 5.69 Å². The van der Waals surface area contributed by atoms with E-state index in [1.165, 1.54) is 0 Å². The molecule has 0 unspecified atom stereocenters. The van der Waals surface area contributed by atoms with Crippen LogP contribution < -0.4 is 11.4 Å². The molecule has 0 aliphatic carbocycles. The summed E-state index contributed by atoms with van der Waals surface area (Å²) in [6, 6.07) is 7.16. The number of aromatic nitrogens is 2. The molecule has 0 fully saturated rings. The van der Waals surface area contributed by atoms with Crippen molar-refractivity contribution < 1.29 is 0 Å². The van der Waals surface area contributed by atoms with Gasteiger partial charge in [-0.1, -0.05) is 17.7 Å². The molecule has 0 atom stereocenters. The smallest absolute Gasteiger partial charge is 0.348 e. The maximum Gasteiger partial charge on any atom is 0.348 e. The lowest BCUT2D eigenvalue weighted by Gasteiger charge is -2.12. The first kappa shape index (κ1) is 12.6. The van der Waals surface area contributed by atoms with E-state index in [2.05, 4.69) is 4.98 Å². The van der Waals surface area contributed by atoms with Gasteiger partial charge in [-0.3, -0.25) is 4.57 Å². The fourth-order valence-electron chi connectivity index (χ4n) is 1.87. The Morgan fingerprint density at radius 3 is 2.72 bits per heavy atom. The number of hydrogen-bond donors (Lipinski definition) is 1. The van der Waals surface area contributed by atoms with Gasteiger partial charge in [-0.15, -0.1) is 0 Å². The molecule has 0 spiro atoms. The summed E-state index contributed by atoms with van der Waals surface area (Å²) in [7, 11) is 0. The first-order chi connectivity index (χ1) is 8.49. The Hall–Kier alpha value is -1.81. The summed E-state index contributed by atoms with van der Waals surface area (Å²) in [4.78, 5) is 15.8. The molecule has 2 N–H and O–H groups in total. The molecule has 0 aliphatic heterocycles. The van der Waals surface area contributed by atoms with Gasteiger partial charge in [0.1, 0.15) is 0 Å². The molecule has 4 nitrogen and oxygen atoms in total. The predicted octanol–water partition coefficient (Wildman–Crippen LogP) is 2.14. The van der Waals surface area contributed by atoms with Crippen LogP contribution in [0.25, 0.3) is 0 Å². The number of nitrogen functional groups attached to an aromatic ring is 1. The fourth-order valence-corrected chi connectivity index (χ4v) is 2.11. The second-order valence-corrected chi connectivity index (χ2v) is 4.62. The van der Waals surface area contributed by atoms with Crippen molar-refractivity contribution in [3.05, 3.63) is 56.7 Å². The molecule has 94 valence electrons. The van der Waals surface area contributed by atoms with Gasteiger partial charge >= 0.3 is 5.69 Å². The molecular weight excluding hydrogens is 250 g/mol. The second kappa shape index (κ2) is 4.82. The van der Waals surface area contributed by atoms with Crippen molar-refractivity contribution in [1.82, 2.24) is 9.55 Å². The van der Waals surface area contributed by atoms with Gasteiger partial charge in [0.25, 0.3) is 0 Å². The molecule has 1 aromatic carbocycles. The highest BCUT2D eigenvalue weighted by Crippen LogP contribution is 2.22. The molecular formula is C13H14ClN3O. The SMILES string of the molecule is Cc1cc(C)n(Cc2c(N)cccc2Cl)c(=O)n1. The van der Waals surface area contributed by atoms with Crippen molar-refractivity contribution in [2.45, 2.75) is 20.4 Å². The zero-order valence-electron chi connectivity index (χ0n) is 10.3. The van der Waals surface area contributed by atoms with Gasteiger partial charge in [0.2, 0.25) is 0 Å². The summed E-state index contributed by atoms with van der Waals surface area (Å²) in [6.07, 6.45) is 0. The monoisotopic (exact) mass is 263 g/mol. The van der Waals surface area contributed by atoms with Crippen LogP contribution in [0, 0.1) is 13.8 Å². The zero-order valence-corrected chi connectivity index (χ0v) is 11.0. The summed E-state index contributed by atoms with van der Waals surface area (Å²) in [5.41, 5.74) is 8.47. The van der Waals surface area contributed by atoms with Gasteiger partial charge < -0.3 is 5.73 Å². The van der Waals surface area contributed by atoms with Crippen LogP contribution in [-0.4, -0.2) is 9.55 Å². The van der Waals surface area contributed by atoms with Gasteiger partial charge in [0.15, 0.2) is 0 Å². The average molecular weight is 264 g/mol. The lowest BCUT2D eigenvalue weighted by molar-refractivity contribution is 0.695. The minimum absolute atomic E-state index is 0.285. The minimum atomic E-state index is -0.285. The Morgan fingerprint density at radius 2 is 2.11 bits per heavy atom. The van der Waals surface area contributed by atoms with Crippen LogP contribution in [-0.2, 0) is 6.54 Å². The van der Waals surface area contributed by atoms with E-state index in [9.17, 15) is 4.79 Å². The molecule has 5 heteroatoms. The maximum absolute atomic E-state index is 11.9. The van der Waals surface area contributed by atoms with E-state index in [4.69, 9.17) is 17.3 Å². The third-order valence-corrected chi connectivity index (χ3v) is 3.17. The van der Waals surface area contributed by atoms with Crippen LogP contribution in [0.15, 0.2) is 29.1 Å². The lowest BCUT2D eigenvalue weighted by atomic mass is 10.1. The van der Waals surface area contributed by atoms with Crippen LogP contribution in [0.2, 0.25) is 5.02 Å². The highest BCUT2D eigenvalue weighted by atomic mass is 35.5. The minimum Gasteiger partial charge on any atom is -0.398 e. The largest absolute Gasteiger partial charge is 0.398 e. The second-order valence-electron chi connectivity index (χ2n) is 4.22. The average Bonchev–Trinajstić information content (AvgIpc) is 2.26. The predicted molar refractivity (Wildman–Crippen MR) is 72.9 cm³/mol. The quantitative estimate of drug-likeness (QED) is 0.845. The molecule has 1 heterocycles. The number of nitrogens with two attached hydrogens (primary N) is 1. The third-order valence-electron chi connectivity index (χ3n) is 2.82. The fraction of sp³-hybridized carbons (Fsp3) is 0.231. The molecule has 0 saturated heterocycles. The van der Waals surface area contributed by atoms with E-state index in [1.54, 1.807) is 29.7 Å². The van der Waals surface area contributed by atoms with Gasteiger partial charge in [0.05, 0.1) is 6.54 Å². The molecule has 0 saturated carbocycles. The summed E-state index contributed by atoms with van der Waals surface area (Å²) in [6.45, 7) is 4.00. The van der Waals surface area contributed by atoms with E-state index in [0.29, 0.717) is 22.9 Å². The standard InChI is InChI=1S/C13H14ClN3O/c1-8-6-9(2)17(13(18)16-8)7-10-11(14)4-3-5-12(10)15/h3-6H,7,15H2,1-2H3. The van der Waals surface area contributed by atoms with E-state index >= 15 is 0 Å². The van der Waals surface area contributed by atoms with Crippen LogP contribution in [0.1, 0.15) is 17.0 Å². The van der Waals surface area contributed by atoms with Crippen molar-refractivity contribution in [2.24, 2.45) is 0 Å². The van der Waals surface area contributed by atoms with E-state index in [-0.39, 0.29) is 5.69 Å². The number of anilines is 1. The molecule has 1 aromatic heterocycles. The lowest BCUT2D eigenvalue weighted by Crippen LogP contribution is -2.26. The van der Waals surface area contributed by atoms with Crippen molar-refractivity contribution >= 4 is 17.3 Å². The normalized spacial score (nSPS) is 10.6. The van der Waals surface area contributed by atoms with Crippen molar-refractivity contribution in [1.29, 1.82) is 0 Å². The number of aryl methyl sites for hydroxylation is 2. The molecule has 0 amide bonds. The van der Waals surface area contributed by atoms with Crippen LogP contribution >= 0.6 is 11.6 Å². The highest BCUT2D eigenvalue weighted by Gasteiger charge is 2.09. The van der Waals surface area contributed by atoms with Gasteiger partial charge in [-0.05, 0) is 32.0 Å². The van der Waals surface area contributed by atoms with Gasteiger partial charge in [0, 0.05) is 27.7 Å². The summed E-state index contributed by atoms with van der Waals surface area (Å²) in [5.74, 6) is 0. The number of rotatable bonds is 2. The molecule has 2 aromatic rings. The molecule has 0 radical (unpaired) electrons. The first-order valence-electron chi connectivity index (χ1n) is 5.57. The van der Waals surface area contributed by atoms with E-state index in [0.717, 1.165) is 11.3 Å². The van der Waals surface area contributed by atoms with E-state index in [1.807, 2.05) is 13.0 Å².